The monoisotopic (exact) mass is 301 g/mol. The molecule has 2 atom stereocenters. The number of likely N-dealkylation sites (tertiary alicyclic amines) is 1. The van der Waals surface area contributed by atoms with E-state index < -0.39 is 0 Å². The molecular weight excluding hydrogens is 274 g/mol. The van der Waals surface area contributed by atoms with Gasteiger partial charge in [0.1, 0.15) is 6.23 Å². The molecular formula is C19H27NO2. The fourth-order valence-electron chi connectivity index (χ4n) is 2.98. The van der Waals surface area contributed by atoms with Crippen molar-refractivity contribution in [3.63, 3.8) is 0 Å². The Bertz CT molecular complexity index is 483. The lowest BCUT2D eigenvalue weighted by Gasteiger charge is -2.24. The standard InChI is InChI=1S/C19H27NO2/c1-3-5-6-10-13-17-14-18(22-4-2)20(19(17)21)15-16-11-8-7-9-12-16/h5-9,11-12,17-18H,3-4,10,13-15H2,1-2H3. The van der Waals surface area contributed by atoms with Crippen molar-refractivity contribution in [3.05, 3.63) is 48.0 Å². The molecule has 0 aliphatic carbocycles. The molecule has 2 rings (SSSR count). The van der Waals surface area contributed by atoms with E-state index >= 15 is 0 Å². The van der Waals surface area contributed by atoms with Gasteiger partial charge in [0.05, 0.1) is 0 Å². The number of hydrogen-bond donors (Lipinski definition) is 0. The van der Waals surface area contributed by atoms with Crippen LogP contribution in [0.4, 0.5) is 0 Å². The summed E-state index contributed by atoms with van der Waals surface area (Å²) in [6.07, 6.45) is 8.05. The summed E-state index contributed by atoms with van der Waals surface area (Å²) in [4.78, 5) is 14.6. The first-order valence-corrected chi connectivity index (χ1v) is 8.37. The van der Waals surface area contributed by atoms with Crippen LogP contribution in [0, 0.1) is 5.92 Å². The Balaban J connectivity index is 1.99. The maximum atomic E-state index is 12.7. The van der Waals surface area contributed by atoms with Crippen molar-refractivity contribution < 1.29 is 9.53 Å². The predicted molar refractivity (Wildman–Crippen MR) is 89.2 cm³/mol. The Labute approximate surface area is 134 Å². The molecule has 22 heavy (non-hydrogen) atoms. The molecule has 0 aromatic heterocycles. The molecule has 1 heterocycles. The highest BCUT2D eigenvalue weighted by molar-refractivity contribution is 5.81. The fourth-order valence-corrected chi connectivity index (χ4v) is 2.98. The summed E-state index contributed by atoms with van der Waals surface area (Å²) in [7, 11) is 0. The number of allylic oxidation sites excluding steroid dienone is 2. The zero-order valence-corrected chi connectivity index (χ0v) is 13.7. The quantitative estimate of drug-likeness (QED) is 0.675. The van der Waals surface area contributed by atoms with E-state index in [1.807, 2.05) is 30.0 Å². The highest BCUT2D eigenvalue weighted by atomic mass is 16.5. The average Bonchev–Trinajstić information content (AvgIpc) is 2.82. The molecule has 1 aromatic rings. The van der Waals surface area contributed by atoms with Crippen LogP contribution in [0.3, 0.4) is 0 Å². The van der Waals surface area contributed by atoms with Crippen LogP contribution in [0.2, 0.25) is 0 Å². The number of hydrogen-bond acceptors (Lipinski definition) is 2. The largest absolute Gasteiger partial charge is 0.359 e. The number of carbonyl (C=O) groups excluding carboxylic acids is 1. The Morgan fingerprint density at radius 3 is 2.68 bits per heavy atom. The summed E-state index contributed by atoms with van der Waals surface area (Å²) in [5, 5.41) is 0. The second-order valence-corrected chi connectivity index (χ2v) is 5.75. The third-order valence-electron chi connectivity index (χ3n) is 4.11. The predicted octanol–water partition coefficient (Wildman–Crippen LogP) is 4.14. The molecule has 1 aromatic carbocycles. The van der Waals surface area contributed by atoms with Gasteiger partial charge in [0.2, 0.25) is 5.91 Å². The van der Waals surface area contributed by atoms with Crippen molar-refractivity contribution in [2.24, 2.45) is 5.92 Å². The fraction of sp³-hybridized carbons (Fsp3) is 0.526. The molecule has 1 fully saturated rings. The van der Waals surface area contributed by atoms with Crippen LogP contribution in [0.1, 0.15) is 45.1 Å². The van der Waals surface area contributed by atoms with Gasteiger partial charge in [-0.05, 0) is 31.7 Å². The van der Waals surface area contributed by atoms with Gasteiger partial charge in [-0.3, -0.25) is 4.79 Å². The molecule has 0 spiro atoms. The van der Waals surface area contributed by atoms with Gasteiger partial charge in [0.25, 0.3) is 0 Å². The van der Waals surface area contributed by atoms with Crippen molar-refractivity contribution in [2.45, 2.75) is 52.3 Å². The van der Waals surface area contributed by atoms with Gasteiger partial charge in [0, 0.05) is 25.5 Å². The van der Waals surface area contributed by atoms with E-state index in [1.54, 1.807) is 0 Å². The Hall–Kier alpha value is -1.61. The number of benzene rings is 1. The van der Waals surface area contributed by atoms with E-state index in [4.69, 9.17) is 4.74 Å². The SMILES string of the molecule is CCC=CCCC1CC(OCC)N(Cc2ccccc2)C1=O. The summed E-state index contributed by atoms with van der Waals surface area (Å²) in [6, 6.07) is 10.1. The molecule has 2 unspecified atom stereocenters. The molecule has 1 saturated heterocycles. The zero-order chi connectivity index (χ0) is 15.8. The summed E-state index contributed by atoms with van der Waals surface area (Å²) in [5.41, 5.74) is 1.16. The molecule has 3 nitrogen and oxygen atoms in total. The molecule has 3 heteroatoms. The molecule has 0 saturated carbocycles. The minimum atomic E-state index is -0.0714. The van der Waals surface area contributed by atoms with E-state index in [0.29, 0.717) is 13.2 Å². The van der Waals surface area contributed by atoms with Crippen molar-refractivity contribution in [1.82, 2.24) is 4.90 Å². The average molecular weight is 301 g/mol. The lowest BCUT2D eigenvalue weighted by atomic mass is 10.0. The van der Waals surface area contributed by atoms with Gasteiger partial charge in [-0.15, -0.1) is 0 Å². The van der Waals surface area contributed by atoms with Gasteiger partial charge < -0.3 is 9.64 Å². The minimum absolute atomic E-state index is 0.0714. The van der Waals surface area contributed by atoms with E-state index in [2.05, 4.69) is 31.2 Å². The molecule has 0 radical (unpaired) electrons. The third kappa shape index (κ3) is 4.44. The highest BCUT2D eigenvalue weighted by Crippen LogP contribution is 2.30. The van der Waals surface area contributed by atoms with Crippen LogP contribution in [-0.4, -0.2) is 23.6 Å². The minimum Gasteiger partial charge on any atom is -0.359 e. The van der Waals surface area contributed by atoms with Gasteiger partial charge in [0.15, 0.2) is 0 Å². The Morgan fingerprint density at radius 2 is 2.00 bits per heavy atom. The molecule has 0 N–H and O–H groups in total. The smallest absolute Gasteiger partial charge is 0.228 e. The maximum absolute atomic E-state index is 12.7. The van der Waals surface area contributed by atoms with E-state index in [-0.39, 0.29) is 18.1 Å². The topological polar surface area (TPSA) is 29.5 Å². The van der Waals surface area contributed by atoms with Gasteiger partial charge in [-0.2, -0.15) is 0 Å². The zero-order valence-electron chi connectivity index (χ0n) is 13.7. The first-order valence-electron chi connectivity index (χ1n) is 8.37. The van der Waals surface area contributed by atoms with Crippen molar-refractivity contribution in [3.8, 4) is 0 Å². The van der Waals surface area contributed by atoms with Crippen LogP contribution in [-0.2, 0) is 16.1 Å². The van der Waals surface area contributed by atoms with E-state index in [0.717, 1.165) is 31.2 Å². The Kier molecular flexibility index (Phi) is 6.66. The highest BCUT2D eigenvalue weighted by Gasteiger charge is 2.39. The normalized spacial score (nSPS) is 21.9. The van der Waals surface area contributed by atoms with Crippen molar-refractivity contribution in [2.75, 3.05) is 6.61 Å². The maximum Gasteiger partial charge on any atom is 0.228 e. The van der Waals surface area contributed by atoms with Crippen molar-refractivity contribution >= 4 is 5.91 Å². The van der Waals surface area contributed by atoms with Crippen LogP contribution in [0.5, 0.6) is 0 Å². The molecule has 1 aliphatic rings. The second kappa shape index (κ2) is 8.74. The second-order valence-electron chi connectivity index (χ2n) is 5.75. The van der Waals surface area contributed by atoms with Gasteiger partial charge >= 0.3 is 0 Å². The van der Waals surface area contributed by atoms with Gasteiger partial charge in [-0.25, -0.2) is 0 Å². The first kappa shape index (κ1) is 16.8. The molecule has 0 bridgehead atoms. The lowest BCUT2D eigenvalue weighted by Crippen LogP contribution is -2.35. The van der Waals surface area contributed by atoms with Crippen molar-refractivity contribution in [1.29, 1.82) is 0 Å². The van der Waals surface area contributed by atoms with Crippen LogP contribution >= 0.6 is 0 Å². The van der Waals surface area contributed by atoms with E-state index in [9.17, 15) is 4.79 Å². The van der Waals surface area contributed by atoms with Crippen LogP contribution in [0.15, 0.2) is 42.5 Å². The summed E-state index contributed by atoms with van der Waals surface area (Å²) >= 11 is 0. The van der Waals surface area contributed by atoms with Crippen LogP contribution < -0.4 is 0 Å². The number of nitrogens with zero attached hydrogens (tertiary/aromatic N) is 1. The Morgan fingerprint density at radius 1 is 1.23 bits per heavy atom. The number of rotatable bonds is 8. The molecule has 1 amide bonds. The lowest BCUT2D eigenvalue weighted by molar-refractivity contribution is -0.139. The number of carbonyl (C=O) groups is 1. The number of amides is 1. The molecule has 1 aliphatic heterocycles. The summed E-state index contributed by atoms with van der Waals surface area (Å²) in [6.45, 7) is 5.41. The third-order valence-corrected chi connectivity index (χ3v) is 4.11. The summed E-state index contributed by atoms with van der Waals surface area (Å²) in [5.74, 6) is 0.342. The van der Waals surface area contributed by atoms with Gasteiger partial charge in [-0.1, -0.05) is 49.4 Å². The first-order chi connectivity index (χ1) is 10.8. The van der Waals surface area contributed by atoms with E-state index in [1.165, 1.54) is 0 Å². The summed E-state index contributed by atoms with van der Waals surface area (Å²) < 4.78 is 5.80. The number of ether oxygens (including phenoxy) is 1. The molecule has 120 valence electrons. The van der Waals surface area contributed by atoms with Crippen LogP contribution in [0.25, 0.3) is 0 Å².